The van der Waals surface area contributed by atoms with Crippen molar-refractivity contribution in [2.75, 3.05) is 0 Å². The van der Waals surface area contributed by atoms with Gasteiger partial charge in [0.25, 0.3) is 0 Å². The largest absolute Gasteiger partial charge is 0.368 e. The lowest BCUT2D eigenvalue weighted by Gasteiger charge is -2.01. The van der Waals surface area contributed by atoms with Crippen LogP contribution in [0.15, 0.2) is 38.3 Å². The lowest BCUT2D eigenvalue weighted by atomic mass is 10.1. The van der Waals surface area contributed by atoms with E-state index in [1.165, 1.54) is 6.34 Å². The van der Waals surface area contributed by atoms with Crippen molar-refractivity contribution in [1.82, 2.24) is 4.98 Å². The highest BCUT2D eigenvalue weighted by Crippen LogP contribution is 2.27. The van der Waals surface area contributed by atoms with E-state index in [-0.39, 0.29) is 5.96 Å². The van der Waals surface area contributed by atoms with E-state index < -0.39 is 0 Å². The molecule has 0 spiro atoms. The lowest BCUT2D eigenvalue weighted by molar-refractivity contribution is 1.31. The van der Waals surface area contributed by atoms with Crippen LogP contribution in [0.2, 0.25) is 0 Å². The summed E-state index contributed by atoms with van der Waals surface area (Å²) in [6.07, 6.45) is 3.23. The average molecular weight is 222 g/mol. The van der Waals surface area contributed by atoms with Crippen LogP contribution < -0.4 is 16.4 Å². The summed E-state index contributed by atoms with van der Waals surface area (Å²) in [7, 11) is 0. The van der Waals surface area contributed by atoms with Crippen molar-refractivity contribution in [1.29, 1.82) is 0 Å². The molecule has 2 aliphatic rings. The van der Waals surface area contributed by atoms with Gasteiger partial charge in [0.05, 0.1) is 0 Å². The number of guanidine groups is 1. The Hall–Kier alpha value is -2.63. The molecule has 3 heterocycles. The number of benzene rings is 1. The Morgan fingerprint density at radius 1 is 1.06 bits per heavy atom. The second-order valence-electron chi connectivity index (χ2n) is 3.75. The third-order valence-corrected chi connectivity index (χ3v) is 2.79. The molecule has 1 aromatic carbocycles. The standard InChI is InChI=1S/C11H6N6/c12-11-16-7-5-2-1-3-13-6(5)8-9(10(7)17-11)15-4-14-8/h1-4H,(H2,12,16,17). The predicted molar refractivity (Wildman–Crippen MR) is 63.5 cm³/mol. The monoisotopic (exact) mass is 222 g/mol. The van der Waals surface area contributed by atoms with Gasteiger partial charge in [-0.3, -0.25) is 4.98 Å². The van der Waals surface area contributed by atoms with Crippen molar-refractivity contribution in [3.05, 3.63) is 29.0 Å². The molecule has 0 saturated heterocycles. The fourth-order valence-electron chi connectivity index (χ4n) is 2.11. The zero-order chi connectivity index (χ0) is 11.4. The molecule has 0 amide bonds. The fourth-order valence-corrected chi connectivity index (χ4v) is 2.11. The van der Waals surface area contributed by atoms with Crippen LogP contribution in [0.4, 0.5) is 11.4 Å². The summed E-state index contributed by atoms with van der Waals surface area (Å²) in [4.78, 5) is 21.2. The number of nitrogens with zero attached hydrogens (tertiary/aromatic N) is 5. The predicted octanol–water partition coefficient (Wildman–Crippen LogP) is 0.107. The highest BCUT2D eigenvalue weighted by atomic mass is 15.1. The minimum atomic E-state index is 0.251. The summed E-state index contributed by atoms with van der Waals surface area (Å²) in [5.41, 5.74) is 7.91. The molecule has 6 nitrogen and oxygen atoms in total. The maximum absolute atomic E-state index is 5.65. The first-order chi connectivity index (χ1) is 8.34. The van der Waals surface area contributed by atoms with Gasteiger partial charge in [-0.2, -0.15) is 0 Å². The van der Waals surface area contributed by atoms with Gasteiger partial charge >= 0.3 is 0 Å². The van der Waals surface area contributed by atoms with Gasteiger partial charge in [0.15, 0.2) is 0 Å². The van der Waals surface area contributed by atoms with Crippen LogP contribution in [0.3, 0.4) is 0 Å². The maximum atomic E-state index is 5.65. The molecular formula is C11H6N6. The van der Waals surface area contributed by atoms with Gasteiger partial charge in [0, 0.05) is 11.6 Å². The van der Waals surface area contributed by atoms with Crippen LogP contribution >= 0.6 is 0 Å². The van der Waals surface area contributed by atoms with E-state index in [0.29, 0.717) is 10.7 Å². The topological polar surface area (TPSA) is 88.3 Å². The number of aromatic nitrogens is 1. The van der Waals surface area contributed by atoms with Crippen molar-refractivity contribution in [3.63, 3.8) is 0 Å². The van der Waals surface area contributed by atoms with Gasteiger partial charge in [-0.25, -0.2) is 20.0 Å². The van der Waals surface area contributed by atoms with Crippen LogP contribution in [0, 0.1) is 0 Å². The van der Waals surface area contributed by atoms with E-state index in [1.807, 2.05) is 12.1 Å². The van der Waals surface area contributed by atoms with Crippen molar-refractivity contribution in [3.8, 4) is 0 Å². The SMILES string of the molecule is NC1=Nc2c(c3c(c4ncccc24)N=CN=3)=N1. The molecule has 80 valence electrons. The Balaban J connectivity index is 2.38. The van der Waals surface area contributed by atoms with Gasteiger partial charge in [-0.15, -0.1) is 0 Å². The Kier molecular flexibility index (Phi) is 1.37. The van der Waals surface area contributed by atoms with E-state index in [4.69, 9.17) is 5.73 Å². The quantitative estimate of drug-likeness (QED) is 0.685. The van der Waals surface area contributed by atoms with Crippen molar-refractivity contribution in [2.24, 2.45) is 25.7 Å². The molecule has 0 unspecified atom stereocenters. The van der Waals surface area contributed by atoms with Crippen LogP contribution in [0.5, 0.6) is 0 Å². The first-order valence-corrected chi connectivity index (χ1v) is 5.08. The van der Waals surface area contributed by atoms with E-state index >= 15 is 0 Å². The number of nitrogens with two attached hydrogens (primary N) is 1. The van der Waals surface area contributed by atoms with Gasteiger partial charge in [0.1, 0.15) is 33.9 Å². The number of fused-ring (bicyclic) bond motifs is 6. The zero-order valence-electron chi connectivity index (χ0n) is 8.62. The van der Waals surface area contributed by atoms with Gasteiger partial charge in [0.2, 0.25) is 5.96 Å². The Morgan fingerprint density at radius 2 is 2.00 bits per heavy atom. The molecule has 1 aromatic heterocycles. The zero-order valence-corrected chi connectivity index (χ0v) is 8.62. The molecule has 0 aliphatic carbocycles. The highest BCUT2D eigenvalue weighted by Gasteiger charge is 2.18. The Labute approximate surface area is 95.0 Å². The first kappa shape index (κ1) is 8.51. The number of hydrogen-bond donors (Lipinski definition) is 1. The fraction of sp³-hybridized carbons (Fsp3) is 0. The second kappa shape index (κ2) is 2.73. The maximum Gasteiger partial charge on any atom is 0.221 e. The molecule has 2 aromatic rings. The van der Waals surface area contributed by atoms with E-state index in [0.717, 1.165) is 22.3 Å². The summed E-state index contributed by atoms with van der Waals surface area (Å²) in [6, 6.07) is 3.79. The van der Waals surface area contributed by atoms with Gasteiger partial charge in [-0.1, -0.05) is 0 Å². The van der Waals surface area contributed by atoms with E-state index in [9.17, 15) is 0 Å². The average Bonchev–Trinajstić information content (AvgIpc) is 2.94. The minimum absolute atomic E-state index is 0.251. The smallest absolute Gasteiger partial charge is 0.221 e. The van der Waals surface area contributed by atoms with Crippen molar-refractivity contribution < 1.29 is 0 Å². The summed E-state index contributed by atoms with van der Waals surface area (Å²) >= 11 is 0. The summed E-state index contributed by atoms with van der Waals surface area (Å²) in [6.45, 7) is 0. The molecule has 17 heavy (non-hydrogen) atoms. The van der Waals surface area contributed by atoms with Crippen LogP contribution in [0.1, 0.15) is 0 Å². The second-order valence-corrected chi connectivity index (χ2v) is 3.75. The molecule has 0 bridgehead atoms. The highest BCUT2D eigenvalue weighted by molar-refractivity contribution is 6.02. The number of rotatable bonds is 0. The van der Waals surface area contributed by atoms with E-state index in [2.05, 4.69) is 25.0 Å². The van der Waals surface area contributed by atoms with Gasteiger partial charge < -0.3 is 5.73 Å². The summed E-state index contributed by atoms with van der Waals surface area (Å²) in [5, 5.41) is 2.30. The summed E-state index contributed by atoms with van der Waals surface area (Å²) in [5.74, 6) is 0.251. The molecule has 2 aliphatic heterocycles. The Bertz CT molecular complexity index is 846. The van der Waals surface area contributed by atoms with Crippen molar-refractivity contribution >= 4 is 34.6 Å². The third-order valence-electron chi connectivity index (χ3n) is 2.79. The molecule has 0 fully saturated rings. The molecule has 4 rings (SSSR count). The summed E-state index contributed by atoms with van der Waals surface area (Å²) < 4.78 is 0. The Morgan fingerprint density at radius 3 is 2.94 bits per heavy atom. The van der Waals surface area contributed by atoms with Gasteiger partial charge in [-0.05, 0) is 12.1 Å². The normalized spacial score (nSPS) is 15.2. The lowest BCUT2D eigenvalue weighted by Crippen LogP contribution is -2.25. The molecule has 0 radical (unpaired) electrons. The number of pyridine rings is 1. The number of hydrogen-bond acceptors (Lipinski definition) is 6. The van der Waals surface area contributed by atoms with Crippen LogP contribution in [-0.4, -0.2) is 17.3 Å². The third kappa shape index (κ3) is 0.963. The van der Waals surface area contributed by atoms with E-state index in [1.54, 1.807) is 6.20 Å². The molecule has 0 atom stereocenters. The number of aliphatic imine (C=N–C) groups is 2. The molecular weight excluding hydrogens is 216 g/mol. The minimum Gasteiger partial charge on any atom is -0.368 e. The first-order valence-electron chi connectivity index (χ1n) is 5.08. The van der Waals surface area contributed by atoms with Crippen LogP contribution in [-0.2, 0) is 0 Å². The molecule has 2 N–H and O–H groups in total. The van der Waals surface area contributed by atoms with Crippen molar-refractivity contribution in [2.45, 2.75) is 0 Å². The molecule has 6 heteroatoms. The van der Waals surface area contributed by atoms with Crippen LogP contribution in [0.25, 0.3) is 10.9 Å². The molecule has 0 saturated carbocycles.